The summed E-state index contributed by atoms with van der Waals surface area (Å²) in [4.78, 5) is 0.0829. The lowest BCUT2D eigenvalue weighted by molar-refractivity contribution is 0.601. The summed E-state index contributed by atoms with van der Waals surface area (Å²) in [5, 5.41) is 0.0992. The van der Waals surface area contributed by atoms with Crippen LogP contribution in [0.25, 0.3) is 0 Å². The van der Waals surface area contributed by atoms with Crippen molar-refractivity contribution in [1.82, 2.24) is 0 Å². The summed E-state index contributed by atoms with van der Waals surface area (Å²) >= 11 is 9.01. The number of hydrogen-bond acceptors (Lipinski definition) is 2. The Kier molecular flexibility index (Phi) is 4.36. The van der Waals surface area contributed by atoms with Crippen LogP contribution in [0.3, 0.4) is 0 Å². The number of anilines is 1. The molecule has 0 saturated carbocycles. The Morgan fingerprint density at radius 3 is 2.40 bits per heavy atom. The van der Waals surface area contributed by atoms with Crippen molar-refractivity contribution in [3.8, 4) is 0 Å². The molecule has 0 bridgehead atoms. The number of aryl methyl sites for hydroxylation is 1. The van der Waals surface area contributed by atoms with Gasteiger partial charge in [-0.3, -0.25) is 4.72 Å². The third kappa shape index (κ3) is 3.31. The smallest absolute Gasteiger partial charge is 0.261 e. The van der Waals surface area contributed by atoms with Gasteiger partial charge in [-0.2, -0.15) is 0 Å². The van der Waals surface area contributed by atoms with Crippen molar-refractivity contribution in [2.45, 2.75) is 11.8 Å². The predicted molar refractivity (Wildman–Crippen MR) is 81.1 cm³/mol. The fourth-order valence-corrected chi connectivity index (χ4v) is 3.26. The molecule has 0 aliphatic heterocycles. The van der Waals surface area contributed by atoms with Crippen molar-refractivity contribution in [2.75, 3.05) is 4.72 Å². The normalized spacial score (nSPS) is 11.4. The van der Waals surface area contributed by atoms with Crippen LogP contribution < -0.4 is 4.72 Å². The van der Waals surface area contributed by atoms with Gasteiger partial charge in [-0.25, -0.2) is 12.8 Å². The lowest BCUT2D eigenvalue weighted by atomic mass is 10.2. The van der Waals surface area contributed by atoms with E-state index in [0.717, 1.165) is 17.7 Å². The topological polar surface area (TPSA) is 46.2 Å². The van der Waals surface area contributed by atoms with Gasteiger partial charge in [0.15, 0.2) is 0 Å². The Hall–Kier alpha value is -1.11. The lowest BCUT2D eigenvalue weighted by Gasteiger charge is -2.11. The minimum Gasteiger partial charge on any atom is -0.278 e. The van der Waals surface area contributed by atoms with E-state index in [-0.39, 0.29) is 20.1 Å². The number of rotatable bonds is 3. The van der Waals surface area contributed by atoms with Crippen molar-refractivity contribution in [1.29, 1.82) is 0 Å². The lowest BCUT2D eigenvalue weighted by Crippen LogP contribution is -2.13. The van der Waals surface area contributed by atoms with E-state index in [1.54, 1.807) is 12.1 Å². The van der Waals surface area contributed by atoms with Crippen LogP contribution in [-0.2, 0) is 10.0 Å². The van der Waals surface area contributed by atoms with Gasteiger partial charge in [0.2, 0.25) is 0 Å². The molecule has 0 saturated heterocycles. The largest absolute Gasteiger partial charge is 0.278 e. The third-order valence-electron chi connectivity index (χ3n) is 2.57. The summed E-state index contributed by atoms with van der Waals surface area (Å²) in [7, 11) is -3.81. The zero-order valence-corrected chi connectivity index (χ0v) is 13.5. The molecule has 0 amide bonds. The number of benzene rings is 2. The average Bonchev–Trinajstić information content (AvgIpc) is 2.35. The van der Waals surface area contributed by atoms with Gasteiger partial charge in [-0.1, -0.05) is 29.3 Å². The first-order valence-electron chi connectivity index (χ1n) is 5.53. The first-order chi connectivity index (χ1) is 9.29. The van der Waals surface area contributed by atoms with Gasteiger partial charge in [0.05, 0.1) is 15.6 Å². The Labute approximate surface area is 130 Å². The van der Waals surface area contributed by atoms with Crippen LogP contribution in [0.15, 0.2) is 45.8 Å². The highest BCUT2D eigenvalue weighted by Gasteiger charge is 2.17. The zero-order chi connectivity index (χ0) is 14.9. The maximum absolute atomic E-state index is 13.3. The molecule has 0 atom stereocenters. The van der Waals surface area contributed by atoms with Crippen LogP contribution in [0.5, 0.6) is 0 Å². The fourth-order valence-electron chi connectivity index (χ4n) is 1.55. The molecule has 7 heteroatoms. The Morgan fingerprint density at radius 1 is 1.20 bits per heavy atom. The molecule has 0 aliphatic rings. The fraction of sp³-hybridized carbons (Fsp3) is 0.0769. The van der Waals surface area contributed by atoms with E-state index < -0.39 is 15.8 Å². The quantitative estimate of drug-likeness (QED) is 0.807. The van der Waals surface area contributed by atoms with Crippen LogP contribution in [0.4, 0.5) is 10.1 Å². The van der Waals surface area contributed by atoms with Crippen LogP contribution in [0, 0.1) is 12.7 Å². The molecule has 2 aromatic carbocycles. The molecule has 0 unspecified atom stereocenters. The molecule has 3 nitrogen and oxygen atoms in total. The summed E-state index contributed by atoms with van der Waals surface area (Å²) < 4.78 is 40.2. The summed E-state index contributed by atoms with van der Waals surface area (Å²) in [6.45, 7) is 1.85. The Morgan fingerprint density at radius 2 is 1.80 bits per heavy atom. The van der Waals surface area contributed by atoms with E-state index in [0.29, 0.717) is 0 Å². The van der Waals surface area contributed by atoms with Gasteiger partial charge >= 0.3 is 0 Å². The van der Waals surface area contributed by atoms with Crippen molar-refractivity contribution >= 4 is 43.2 Å². The van der Waals surface area contributed by atoms with E-state index in [9.17, 15) is 12.8 Å². The summed E-state index contributed by atoms with van der Waals surface area (Å²) in [6.07, 6.45) is 0. The van der Waals surface area contributed by atoms with E-state index in [4.69, 9.17) is 11.6 Å². The van der Waals surface area contributed by atoms with Gasteiger partial charge < -0.3 is 0 Å². The Balaban J connectivity index is 2.41. The molecule has 2 aromatic rings. The maximum Gasteiger partial charge on any atom is 0.261 e. The molecule has 1 N–H and O–H groups in total. The third-order valence-corrected chi connectivity index (χ3v) is 5.21. The van der Waals surface area contributed by atoms with Crippen LogP contribution in [0.2, 0.25) is 5.02 Å². The minimum atomic E-state index is -3.81. The molecule has 20 heavy (non-hydrogen) atoms. The second kappa shape index (κ2) is 5.71. The van der Waals surface area contributed by atoms with E-state index in [2.05, 4.69) is 20.7 Å². The van der Waals surface area contributed by atoms with Crippen LogP contribution >= 0.6 is 27.5 Å². The molecule has 0 aromatic heterocycles. The van der Waals surface area contributed by atoms with Crippen molar-refractivity contribution < 1.29 is 12.8 Å². The minimum absolute atomic E-state index is 0.0147. The first-order valence-corrected chi connectivity index (χ1v) is 8.19. The van der Waals surface area contributed by atoms with Crippen LogP contribution in [-0.4, -0.2) is 8.42 Å². The second-order valence-electron chi connectivity index (χ2n) is 4.17. The van der Waals surface area contributed by atoms with E-state index in [1.165, 1.54) is 12.1 Å². The highest BCUT2D eigenvalue weighted by Crippen LogP contribution is 2.32. The van der Waals surface area contributed by atoms with Crippen molar-refractivity contribution in [3.05, 3.63) is 57.3 Å². The van der Waals surface area contributed by atoms with Crippen LogP contribution in [0.1, 0.15) is 5.56 Å². The van der Waals surface area contributed by atoms with Gasteiger partial charge in [-0.05, 0) is 47.1 Å². The molecule has 2 rings (SSSR count). The molecule has 0 heterocycles. The number of sulfonamides is 1. The van der Waals surface area contributed by atoms with Gasteiger partial charge in [-0.15, -0.1) is 0 Å². The maximum atomic E-state index is 13.3. The van der Waals surface area contributed by atoms with Gasteiger partial charge in [0.25, 0.3) is 10.0 Å². The van der Waals surface area contributed by atoms with Crippen molar-refractivity contribution in [3.63, 3.8) is 0 Å². The van der Waals surface area contributed by atoms with Crippen molar-refractivity contribution in [2.24, 2.45) is 0 Å². The number of halogens is 3. The number of nitrogens with one attached hydrogen (secondary N) is 1. The highest BCUT2D eigenvalue weighted by molar-refractivity contribution is 9.10. The SMILES string of the molecule is Cc1ccc(S(=O)(=O)Nc2cc(F)cc(Br)c2Cl)cc1. The van der Waals surface area contributed by atoms with Gasteiger partial charge in [0.1, 0.15) is 5.82 Å². The molecule has 106 valence electrons. The average molecular weight is 379 g/mol. The molecule has 0 spiro atoms. The van der Waals surface area contributed by atoms with E-state index in [1.807, 2.05) is 6.92 Å². The monoisotopic (exact) mass is 377 g/mol. The standard InChI is InChI=1S/C13H10BrClFNO2S/c1-8-2-4-10(5-3-8)20(18,19)17-12-7-9(16)6-11(14)13(12)15/h2-7,17H,1H3. The molecule has 0 radical (unpaired) electrons. The highest BCUT2D eigenvalue weighted by atomic mass is 79.9. The molecular formula is C13H10BrClFNO2S. The Bertz CT molecular complexity index is 748. The predicted octanol–water partition coefficient (Wildman–Crippen LogP) is 4.35. The summed E-state index contributed by atoms with van der Waals surface area (Å²) in [5.74, 6) is -0.595. The summed E-state index contributed by atoms with van der Waals surface area (Å²) in [5.41, 5.74) is 0.926. The van der Waals surface area contributed by atoms with Gasteiger partial charge in [0, 0.05) is 4.47 Å². The zero-order valence-electron chi connectivity index (χ0n) is 10.3. The summed E-state index contributed by atoms with van der Waals surface area (Å²) in [6, 6.07) is 8.49. The first kappa shape index (κ1) is 15.3. The molecule has 0 fully saturated rings. The number of hydrogen-bond donors (Lipinski definition) is 1. The molecule has 0 aliphatic carbocycles. The second-order valence-corrected chi connectivity index (χ2v) is 7.08. The van der Waals surface area contributed by atoms with E-state index >= 15 is 0 Å². The molecular weight excluding hydrogens is 369 g/mol.